The molecule has 0 spiro atoms. The Labute approximate surface area is 120 Å². The van der Waals surface area contributed by atoms with E-state index in [9.17, 15) is 4.79 Å². The van der Waals surface area contributed by atoms with Crippen molar-refractivity contribution in [1.29, 1.82) is 0 Å². The van der Waals surface area contributed by atoms with Gasteiger partial charge < -0.3 is 9.84 Å². The monoisotopic (exact) mass is 294 g/mol. The molecule has 2 aromatic rings. The number of aromatic carboxylic acids is 1. The van der Waals surface area contributed by atoms with Gasteiger partial charge in [0.05, 0.1) is 7.11 Å². The fraction of sp³-hybridized carbons (Fsp3) is 0.0714. The van der Waals surface area contributed by atoms with Crippen molar-refractivity contribution in [3.63, 3.8) is 0 Å². The molecule has 0 radical (unpaired) electrons. The Morgan fingerprint density at radius 1 is 1.16 bits per heavy atom. The molecule has 0 atom stereocenters. The van der Waals surface area contributed by atoms with E-state index in [2.05, 4.69) is 0 Å². The molecule has 0 aromatic heterocycles. The maximum absolute atomic E-state index is 11.0. The van der Waals surface area contributed by atoms with Crippen LogP contribution in [-0.2, 0) is 0 Å². The summed E-state index contributed by atoms with van der Waals surface area (Å²) in [5.74, 6) is -0.647. The number of carboxylic acid groups (broad SMARTS) is 1. The standard InChI is InChI=1S/C14H11ClO3S/c1-18-13-8-11(6-7-12(13)14(16)17)19-10-4-2-9(15)3-5-10/h2-8H,1H3,(H,16,17). The smallest absolute Gasteiger partial charge is 0.339 e. The first kappa shape index (κ1) is 13.8. The molecular formula is C14H11ClO3S. The number of carbonyl (C=O) groups is 1. The molecule has 1 N–H and O–H groups in total. The lowest BCUT2D eigenvalue weighted by Gasteiger charge is -2.07. The Hall–Kier alpha value is -1.65. The summed E-state index contributed by atoms with van der Waals surface area (Å²) in [6.07, 6.45) is 0. The predicted octanol–water partition coefficient (Wildman–Crippen LogP) is 4.20. The molecule has 0 fully saturated rings. The van der Waals surface area contributed by atoms with Crippen molar-refractivity contribution in [1.82, 2.24) is 0 Å². The minimum atomic E-state index is -1.00. The van der Waals surface area contributed by atoms with Gasteiger partial charge in [-0.1, -0.05) is 23.4 Å². The highest BCUT2D eigenvalue weighted by molar-refractivity contribution is 7.99. The van der Waals surface area contributed by atoms with Gasteiger partial charge >= 0.3 is 5.97 Å². The first-order valence-electron chi connectivity index (χ1n) is 5.45. The number of halogens is 1. The molecule has 19 heavy (non-hydrogen) atoms. The lowest BCUT2D eigenvalue weighted by atomic mass is 10.2. The van der Waals surface area contributed by atoms with E-state index in [1.54, 1.807) is 18.2 Å². The molecule has 2 aromatic carbocycles. The van der Waals surface area contributed by atoms with Crippen molar-refractivity contribution >= 4 is 29.3 Å². The third-order valence-electron chi connectivity index (χ3n) is 2.45. The van der Waals surface area contributed by atoms with Crippen molar-refractivity contribution in [2.45, 2.75) is 9.79 Å². The molecular weight excluding hydrogens is 284 g/mol. The van der Waals surface area contributed by atoms with Crippen molar-refractivity contribution < 1.29 is 14.6 Å². The topological polar surface area (TPSA) is 46.5 Å². The van der Waals surface area contributed by atoms with Crippen LogP contribution in [0.2, 0.25) is 5.02 Å². The average molecular weight is 295 g/mol. The number of hydrogen-bond acceptors (Lipinski definition) is 3. The molecule has 0 saturated heterocycles. The predicted molar refractivity (Wildman–Crippen MR) is 75.5 cm³/mol. The Balaban J connectivity index is 2.26. The third kappa shape index (κ3) is 3.43. The van der Waals surface area contributed by atoms with Gasteiger partial charge in [-0.2, -0.15) is 0 Å². The number of carboxylic acids is 1. The van der Waals surface area contributed by atoms with Crippen LogP contribution in [0.1, 0.15) is 10.4 Å². The average Bonchev–Trinajstić information content (AvgIpc) is 2.41. The molecule has 3 nitrogen and oxygen atoms in total. The van der Waals surface area contributed by atoms with E-state index >= 15 is 0 Å². The number of hydrogen-bond donors (Lipinski definition) is 1. The van der Waals surface area contributed by atoms with Crippen LogP contribution in [0.25, 0.3) is 0 Å². The summed E-state index contributed by atoms with van der Waals surface area (Å²) < 4.78 is 5.09. The van der Waals surface area contributed by atoms with Crippen molar-refractivity contribution in [3.05, 3.63) is 53.1 Å². The lowest BCUT2D eigenvalue weighted by molar-refractivity contribution is 0.0693. The molecule has 0 heterocycles. The summed E-state index contributed by atoms with van der Waals surface area (Å²) in [5, 5.41) is 9.69. The summed E-state index contributed by atoms with van der Waals surface area (Å²) in [6, 6.07) is 12.4. The highest BCUT2D eigenvalue weighted by atomic mass is 35.5. The molecule has 0 aliphatic heterocycles. The van der Waals surface area contributed by atoms with Gasteiger partial charge in [0.15, 0.2) is 0 Å². The Bertz CT molecular complexity index is 596. The van der Waals surface area contributed by atoms with Crippen LogP contribution in [0.4, 0.5) is 0 Å². The molecule has 0 aliphatic rings. The number of rotatable bonds is 4. The Kier molecular flexibility index (Phi) is 4.35. The highest BCUT2D eigenvalue weighted by Gasteiger charge is 2.11. The van der Waals surface area contributed by atoms with Gasteiger partial charge in [-0.15, -0.1) is 0 Å². The third-order valence-corrected chi connectivity index (χ3v) is 3.70. The van der Waals surface area contributed by atoms with Crippen LogP contribution in [0.5, 0.6) is 5.75 Å². The van der Waals surface area contributed by atoms with Gasteiger partial charge in [-0.3, -0.25) is 0 Å². The van der Waals surface area contributed by atoms with Gasteiger partial charge in [-0.25, -0.2) is 4.79 Å². The summed E-state index contributed by atoms with van der Waals surface area (Å²) >= 11 is 7.34. The van der Waals surface area contributed by atoms with Crippen molar-refractivity contribution in [2.24, 2.45) is 0 Å². The van der Waals surface area contributed by atoms with Crippen molar-refractivity contribution in [3.8, 4) is 5.75 Å². The summed E-state index contributed by atoms with van der Waals surface area (Å²) in [7, 11) is 1.46. The molecule has 0 amide bonds. The van der Waals surface area contributed by atoms with E-state index in [1.165, 1.54) is 18.9 Å². The zero-order valence-corrected chi connectivity index (χ0v) is 11.7. The van der Waals surface area contributed by atoms with E-state index < -0.39 is 5.97 Å². The molecule has 0 bridgehead atoms. The number of methoxy groups -OCH3 is 1. The molecule has 98 valence electrons. The first-order chi connectivity index (χ1) is 9.10. The minimum absolute atomic E-state index is 0.156. The van der Waals surface area contributed by atoms with Crippen molar-refractivity contribution in [2.75, 3.05) is 7.11 Å². The Morgan fingerprint density at radius 3 is 2.37 bits per heavy atom. The van der Waals surface area contributed by atoms with Gasteiger partial charge in [0.25, 0.3) is 0 Å². The summed E-state index contributed by atoms with van der Waals surface area (Å²) in [4.78, 5) is 12.9. The van der Waals surface area contributed by atoms with Crippen LogP contribution in [-0.4, -0.2) is 18.2 Å². The SMILES string of the molecule is COc1cc(Sc2ccc(Cl)cc2)ccc1C(=O)O. The fourth-order valence-electron chi connectivity index (χ4n) is 1.55. The highest BCUT2D eigenvalue weighted by Crippen LogP contribution is 2.32. The van der Waals surface area contributed by atoms with Crippen LogP contribution < -0.4 is 4.74 Å². The molecule has 5 heteroatoms. The van der Waals surface area contributed by atoms with E-state index in [-0.39, 0.29) is 5.56 Å². The van der Waals surface area contributed by atoms with E-state index in [4.69, 9.17) is 21.4 Å². The van der Waals surface area contributed by atoms with Gasteiger partial charge in [0.2, 0.25) is 0 Å². The molecule has 2 rings (SSSR count). The fourth-order valence-corrected chi connectivity index (χ4v) is 2.52. The lowest BCUT2D eigenvalue weighted by Crippen LogP contribution is -2.00. The zero-order chi connectivity index (χ0) is 13.8. The quantitative estimate of drug-likeness (QED) is 0.918. The van der Waals surface area contributed by atoms with Gasteiger partial charge in [0.1, 0.15) is 11.3 Å². The Morgan fingerprint density at radius 2 is 1.79 bits per heavy atom. The second-order valence-corrected chi connectivity index (χ2v) is 5.31. The van der Waals surface area contributed by atoms with Crippen LogP contribution in [0, 0.1) is 0 Å². The normalized spacial score (nSPS) is 10.2. The van der Waals surface area contributed by atoms with Gasteiger partial charge in [-0.05, 0) is 42.5 Å². The molecule has 0 unspecified atom stereocenters. The van der Waals surface area contributed by atoms with Crippen LogP contribution >= 0.6 is 23.4 Å². The molecule has 0 aliphatic carbocycles. The second kappa shape index (κ2) is 5.99. The second-order valence-electron chi connectivity index (χ2n) is 3.72. The zero-order valence-electron chi connectivity index (χ0n) is 10.1. The molecule has 0 saturated carbocycles. The summed E-state index contributed by atoms with van der Waals surface area (Å²) in [5.41, 5.74) is 0.156. The maximum Gasteiger partial charge on any atom is 0.339 e. The van der Waals surface area contributed by atoms with E-state index in [1.807, 2.05) is 24.3 Å². The summed E-state index contributed by atoms with van der Waals surface area (Å²) in [6.45, 7) is 0. The minimum Gasteiger partial charge on any atom is -0.496 e. The number of ether oxygens (including phenoxy) is 1. The number of benzene rings is 2. The largest absolute Gasteiger partial charge is 0.496 e. The van der Waals surface area contributed by atoms with E-state index in [0.717, 1.165) is 9.79 Å². The van der Waals surface area contributed by atoms with Crippen LogP contribution in [0.3, 0.4) is 0 Å². The van der Waals surface area contributed by atoms with Gasteiger partial charge in [0, 0.05) is 14.8 Å². The van der Waals surface area contributed by atoms with Crippen LogP contribution in [0.15, 0.2) is 52.3 Å². The van der Waals surface area contributed by atoms with E-state index in [0.29, 0.717) is 10.8 Å². The maximum atomic E-state index is 11.0. The first-order valence-corrected chi connectivity index (χ1v) is 6.64.